The van der Waals surface area contributed by atoms with Gasteiger partial charge in [-0.1, -0.05) is 18.2 Å². The van der Waals surface area contributed by atoms with Crippen molar-refractivity contribution in [3.05, 3.63) is 54.6 Å². The molecule has 0 radical (unpaired) electrons. The van der Waals surface area contributed by atoms with E-state index in [4.69, 9.17) is 0 Å². The molecule has 1 aliphatic heterocycles. The fourth-order valence-electron chi connectivity index (χ4n) is 3.26. The number of hydrogen-bond donors (Lipinski definition) is 2. The number of carbonyl (C=O) groups excluding carboxylic acids is 1. The third kappa shape index (κ3) is 5.62. The van der Waals surface area contributed by atoms with Gasteiger partial charge in [0, 0.05) is 44.5 Å². The van der Waals surface area contributed by atoms with Gasteiger partial charge in [-0.15, -0.1) is 0 Å². The van der Waals surface area contributed by atoms with Crippen molar-refractivity contribution < 1.29 is 21.6 Å². The molecule has 2 aromatic rings. The van der Waals surface area contributed by atoms with Gasteiger partial charge < -0.3 is 5.32 Å². The molecule has 31 heavy (non-hydrogen) atoms. The van der Waals surface area contributed by atoms with Gasteiger partial charge in [0.05, 0.1) is 4.90 Å². The first-order valence-electron chi connectivity index (χ1n) is 9.76. The van der Waals surface area contributed by atoms with E-state index < -0.39 is 20.2 Å². The number of piperidine rings is 1. The molecule has 1 amide bonds. The van der Waals surface area contributed by atoms with Crippen LogP contribution in [0.15, 0.2) is 59.5 Å². The highest BCUT2D eigenvalue weighted by atomic mass is 32.2. The molecule has 0 unspecified atom stereocenters. The van der Waals surface area contributed by atoms with E-state index in [1.54, 1.807) is 30.3 Å². The molecular weight excluding hydrogens is 440 g/mol. The average Bonchev–Trinajstić information content (AvgIpc) is 2.74. The van der Waals surface area contributed by atoms with E-state index in [1.165, 1.54) is 42.7 Å². The van der Waals surface area contributed by atoms with Crippen LogP contribution in [0.1, 0.15) is 12.8 Å². The van der Waals surface area contributed by atoms with Crippen molar-refractivity contribution in [1.82, 2.24) is 8.61 Å². The van der Waals surface area contributed by atoms with Gasteiger partial charge in [-0.25, -0.2) is 8.42 Å². The molecule has 0 bridgehead atoms. The third-order valence-electron chi connectivity index (χ3n) is 5.07. The monoisotopic (exact) mass is 466 g/mol. The molecular formula is C20H26N4O5S2. The number of sulfonamides is 1. The molecule has 1 saturated heterocycles. The number of nitrogens with one attached hydrogen (secondary N) is 2. The van der Waals surface area contributed by atoms with Gasteiger partial charge in [-0.3, -0.25) is 9.52 Å². The molecule has 0 saturated carbocycles. The lowest BCUT2D eigenvalue weighted by atomic mass is 9.97. The summed E-state index contributed by atoms with van der Waals surface area (Å²) in [6.07, 6.45) is 0.846. The zero-order valence-corrected chi connectivity index (χ0v) is 19.0. The van der Waals surface area contributed by atoms with Gasteiger partial charge in [-0.05, 0) is 49.2 Å². The summed E-state index contributed by atoms with van der Waals surface area (Å²) in [5.41, 5.74) is 0.939. The van der Waals surface area contributed by atoms with Crippen LogP contribution in [0.2, 0.25) is 0 Å². The van der Waals surface area contributed by atoms with Crippen molar-refractivity contribution in [2.45, 2.75) is 17.7 Å². The first-order valence-corrected chi connectivity index (χ1v) is 12.6. The number of amides is 1. The summed E-state index contributed by atoms with van der Waals surface area (Å²) >= 11 is 0. The maximum atomic E-state index is 12.6. The lowest BCUT2D eigenvalue weighted by Gasteiger charge is -2.32. The van der Waals surface area contributed by atoms with Crippen LogP contribution in [0.5, 0.6) is 0 Å². The van der Waals surface area contributed by atoms with Crippen molar-refractivity contribution in [2.24, 2.45) is 5.92 Å². The van der Waals surface area contributed by atoms with Gasteiger partial charge in [0.1, 0.15) is 0 Å². The minimum Gasteiger partial charge on any atom is -0.326 e. The maximum absolute atomic E-state index is 12.6. The molecule has 9 nitrogen and oxygen atoms in total. The number of para-hydroxylation sites is 1. The SMILES string of the molecule is CN(C)S(=O)(=O)N1CCC(C(=O)Nc2ccc(S(=O)(=O)Nc3ccccc3)cc2)CC1. The zero-order valence-electron chi connectivity index (χ0n) is 17.4. The van der Waals surface area contributed by atoms with Crippen molar-refractivity contribution in [3.8, 4) is 0 Å². The molecule has 2 N–H and O–H groups in total. The molecule has 0 aliphatic carbocycles. The van der Waals surface area contributed by atoms with E-state index in [0.29, 0.717) is 24.2 Å². The van der Waals surface area contributed by atoms with Gasteiger partial charge in [0.25, 0.3) is 20.2 Å². The van der Waals surface area contributed by atoms with Crippen LogP contribution >= 0.6 is 0 Å². The summed E-state index contributed by atoms with van der Waals surface area (Å²) < 4.78 is 54.4. The van der Waals surface area contributed by atoms with Crippen molar-refractivity contribution >= 4 is 37.5 Å². The molecule has 168 valence electrons. The molecule has 11 heteroatoms. The van der Waals surface area contributed by atoms with Gasteiger partial charge in [0.15, 0.2) is 0 Å². The highest BCUT2D eigenvalue weighted by Gasteiger charge is 2.32. The molecule has 0 aromatic heterocycles. The summed E-state index contributed by atoms with van der Waals surface area (Å²) in [6, 6.07) is 14.5. The number of carbonyl (C=O) groups is 1. The fraction of sp³-hybridized carbons (Fsp3) is 0.350. The second-order valence-electron chi connectivity index (χ2n) is 7.45. The van der Waals surface area contributed by atoms with Crippen LogP contribution in [-0.2, 0) is 25.0 Å². The Labute approximate surface area is 183 Å². The van der Waals surface area contributed by atoms with E-state index in [0.717, 1.165) is 4.31 Å². The highest BCUT2D eigenvalue weighted by molar-refractivity contribution is 7.92. The minimum absolute atomic E-state index is 0.0801. The average molecular weight is 467 g/mol. The minimum atomic E-state index is -3.74. The van der Waals surface area contributed by atoms with E-state index in [2.05, 4.69) is 10.0 Å². The Morgan fingerprint density at radius 1 is 0.903 bits per heavy atom. The van der Waals surface area contributed by atoms with Gasteiger partial charge in [0.2, 0.25) is 5.91 Å². The van der Waals surface area contributed by atoms with Crippen LogP contribution in [0.4, 0.5) is 11.4 Å². The van der Waals surface area contributed by atoms with E-state index >= 15 is 0 Å². The fourth-order valence-corrected chi connectivity index (χ4v) is 5.45. The smallest absolute Gasteiger partial charge is 0.281 e. The summed E-state index contributed by atoms with van der Waals surface area (Å²) in [6.45, 7) is 0.557. The number of anilines is 2. The molecule has 0 spiro atoms. The van der Waals surface area contributed by atoms with Crippen LogP contribution in [0.3, 0.4) is 0 Å². The van der Waals surface area contributed by atoms with Crippen LogP contribution in [0.25, 0.3) is 0 Å². The van der Waals surface area contributed by atoms with Crippen molar-refractivity contribution in [3.63, 3.8) is 0 Å². The van der Waals surface area contributed by atoms with E-state index in [-0.39, 0.29) is 29.8 Å². The first-order chi connectivity index (χ1) is 14.6. The normalized spacial score (nSPS) is 16.2. The second-order valence-corrected chi connectivity index (χ2v) is 11.3. The topological polar surface area (TPSA) is 116 Å². The Bertz CT molecular complexity index is 1110. The Kier molecular flexibility index (Phi) is 6.99. The van der Waals surface area contributed by atoms with Crippen molar-refractivity contribution in [1.29, 1.82) is 0 Å². The summed E-state index contributed by atoms with van der Waals surface area (Å²) in [5.74, 6) is -0.517. The predicted molar refractivity (Wildman–Crippen MR) is 119 cm³/mol. The lowest BCUT2D eigenvalue weighted by Crippen LogP contribution is -2.46. The first kappa shape index (κ1) is 23.2. The van der Waals surface area contributed by atoms with E-state index in [9.17, 15) is 21.6 Å². The van der Waals surface area contributed by atoms with Gasteiger partial charge in [-0.2, -0.15) is 17.0 Å². The van der Waals surface area contributed by atoms with Crippen LogP contribution in [0, 0.1) is 5.92 Å². The van der Waals surface area contributed by atoms with Crippen LogP contribution < -0.4 is 10.0 Å². The number of nitrogens with zero attached hydrogens (tertiary/aromatic N) is 2. The standard InChI is InChI=1S/C20H26N4O5S2/c1-23(2)31(28,29)24-14-12-16(13-15-24)20(25)21-17-8-10-19(11-9-17)30(26,27)22-18-6-4-3-5-7-18/h3-11,16,22H,12-15H2,1-2H3,(H,21,25). The van der Waals surface area contributed by atoms with E-state index in [1.807, 2.05) is 0 Å². The van der Waals surface area contributed by atoms with Crippen LogP contribution in [-0.4, -0.2) is 58.5 Å². The molecule has 1 heterocycles. The third-order valence-corrected chi connectivity index (χ3v) is 8.41. The molecule has 0 atom stereocenters. The molecule has 1 aliphatic rings. The number of hydrogen-bond acceptors (Lipinski definition) is 5. The summed E-state index contributed by atoms with van der Waals surface area (Å²) in [7, 11) is -4.25. The molecule has 2 aromatic carbocycles. The lowest BCUT2D eigenvalue weighted by molar-refractivity contribution is -0.120. The maximum Gasteiger partial charge on any atom is 0.281 e. The number of benzene rings is 2. The Morgan fingerprint density at radius 3 is 2.03 bits per heavy atom. The predicted octanol–water partition coefficient (Wildman–Crippen LogP) is 1.94. The second kappa shape index (κ2) is 9.35. The summed E-state index contributed by atoms with van der Waals surface area (Å²) in [4.78, 5) is 12.6. The molecule has 3 rings (SSSR count). The summed E-state index contributed by atoms with van der Waals surface area (Å²) in [5, 5.41) is 2.78. The zero-order chi connectivity index (χ0) is 22.6. The Morgan fingerprint density at radius 2 is 1.48 bits per heavy atom. The van der Waals surface area contributed by atoms with Gasteiger partial charge >= 0.3 is 0 Å². The Balaban J connectivity index is 1.58. The Hall–Kier alpha value is -2.47. The van der Waals surface area contributed by atoms with Crippen molar-refractivity contribution in [2.75, 3.05) is 37.2 Å². The number of rotatable bonds is 7. The largest absolute Gasteiger partial charge is 0.326 e. The highest BCUT2D eigenvalue weighted by Crippen LogP contribution is 2.23. The molecule has 1 fully saturated rings. The quantitative estimate of drug-likeness (QED) is 0.647.